The maximum Gasteiger partial charge on any atom is 0.107 e. The topological polar surface area (TPSA) is 18.5 Å². The van der Waals surface area contributed by atoms with Gasteiger partial charge in [-0.15, -0.1) is 0 Å². The zero-order chi connectivity index (χ0) is 9.10. The highest BCUT2D eigenvalue weighted by molar-refractivity contribution is 14.1. The van der Waals surface area contributed by atoms with Crippen LogP contribution < -0.4 is 0 Å². The van der Waals surface area contributed by atoms with Gasteiger partial charge in [-0.2, -0.15) is 0 Å². The first-order valence-corrected chi connectivity index (χ1v) is 5.39. The molecule has 0 N–H and O–H groups in total. The van der Waals surface area contributed by atoms with Crippen molar-refractivity contribution in [2.75, 3.05) is 19.8 Å². The van der Waals surface area contributed by atoms with E-state index in [4.69, 9.17) is 9.47 Å². The molecule has 0 aliphatic carbocycles. The van der Waals surface area contributed by atoms with Crippen LogP contribution in [-0.2, 0) is 9.47 Å². The lowest BCUT2D eigenvalue weighted by atomic mass is 10.1. The molecule has 1 unspecified atom stereocenters. The molecule has 2 nitrogen and oxygen atoms in total. The van der Waals surface area contributed by atoms with Crippen LogP contribution in [0.5, 0.6) is 0 Å². The Labute approximate surface area is 91.4 Å². The van der Waals surface area contributed by atoms with Crippen LogP contribution in [0, 0.1) is 3.57 Å². The van der Waals surface area contributed by atoms with E-state index in [-0.39, 0.29) is 6.10 Å². The van der Waals surface area contributed by atoms with Gasteiger partial charge >= 0.3 is 0 Å². The maximum absolute atomic E-state index is 5.62. The third-order valence-corrected chi connectivity index (χ3v) is 3.05. The second-order valence-corrected chi connectivity index (χ2v) is 4.12. The summed E-state index contributed by atoms with van der Waals surface area (Å²) in [5.41, 5.74) is 1.24. The summed E-state index contributed by atoms with van der Waals surface area (Å²) in [4.78, 5) is 0. The summed E-state index contributed by atoms with van der Waals surface area (Å²) in [6, 6.07) is 8.26. The minimum absolute atomic E-state index is 0.127. The lowest BCUT2D eigenvalue weighted by molar-refractivity contribution is -0.0904. The molecule has 0 amide bonds. The highest BCUT2D eigenvalue weighted by Gasteiger charge is 2.17. The first kappa shape index (κ1) is 9.43. The third kappa shape index (κ3) is 2.21. The van der Waals surface area contributed by atoms with Crippen LogP contribution in [0.4, 0.5) is 0 Å². The number of halogens is 1. The molecule has 0 bridgehead atoms. The van der Waals surface area contributed by atoms with Gasteiger partial charge in [-0.05, 0) is 34.2 Å². The summed E-state index contributed by atoms with van der Waals surface area (Å²) in [6.07, 6.45) is 0.127. The third-order valence-electron chi connectivity index (χ3n) is 2.07. The van der Waals surface area contributed by atoms with E-state index in [1.54, 1.807) is 0 Å². The van der Waals surface area contributed by atoms with Gasteiger partial charge in [0, 0.05) is 3.57 Å². The number of hydrogen-bond donors (Lipinski definition) is 0. The molecule has 3 heteroatoms. The quantitative estimate of drug-likeness (QED) is 0.739. The molecule has 1 atom stereocenters. The summed E-state index contributed by atoms with van der Waals surface area (Å²) in [5.74, 6) is 0. The zero-order valence-electron chi connectivity index (χ0n) is 7.20. The molecule has 1 aromatic carbocycles. The molecule has 0 aromatic heterocycles. The van der Waals surface area contributed by atoms with Crippen molar-refractivity contribution in [1.29, 1.82) is 0 Å². The van der Waals surface area contributed by atoms with Gasteiger partial charge < -0.3 is 9.47 Å². The van der Waals surface area contributed by atoms with Gasteiger partial charge in [-0.3, -0.25) is 0 Å². The van der Waals surface area contributed by atoms with Crippen molar-refractivity contribution >= 4 is 22.6 Å². The molecular weight excluding hydrogens is 279 g/mol. The van der Waals surface area contributed by atoms with Crippen LogP contribution in [0.15, 0.2) is 24.3 Å². The van der Waals surface area contributed by atoms with Crippen molar-refractivity contribution in [1.82, 2.24) is 0 Å². The monoisotopic (exact) mass is 290 g/mol. The van der Waals surface area contributed by atoms with Gasteiger partial charge in [0.2, 0.25) is 0 Å². The molecular formula is C10H11IO2. The van der Waals surface area contributed by atoms with E-state index in [1.807, 2.05) is 12.1 Å². The van der Waals surface area contributed by atoms with Crippen molar-refractivity contribution in [3.05, 3.63) is 33.4 Å². The minimum atomic E-state index is 0.127. The fourth-order valence-corrected chi connectivity index (χ4v) is 2.14. The number of benzene rings is 1. The second-order valence-electron chi connectivity index (χ2n) is 2.96. The maximum atomic E-state index is 5.62. The van der Waals surface area contributed by atoms with Crippen molar-refractivity contribution in [2.24, 2.45) is 0 Å². The van der Waals surface area contributed by atoms with Gasteiger partial charge in [0.15, 0.2) is 0 Å². The van der Waals surface area contributed by atoms with Crippen molar-refractivity contribution < 1.29 is 9.47 Å². The van der Waals surface area contributed by atoms with Gasteiger partial charge in [-0.25, -0.2) is 0 Å². The van der Waals surface area contributed by atoms with E-state index in [0.29, 0.717) is 13.2 Å². The predicted octanol–water partition coefficient (Wildman–Crippen LogP) is 2.38. The van der Waals surface area contributed by atoms with Crippen molar-refractivity contribution in [3.8, 4) is 0 Å². The zero-order valence-corrected chi connectivity index (χ0v) is 9.36. The smallest absolute Gasteiger partial charge is 0.107 e. The van der Waals surface area contributed by atoms with Crippen LogP contribution in [-0.4, -0.2) is 19.8 Å². The largest absolute Gasteiger partial charge is 0.376 e. The Bertz CT molecular complexity index is 282. The Kier molecular flexibility index (Phi) is 3.18. The number of ether oxygens (including phenoxy) is 2. The van der Waals surface area contributed by atoms with Crippen molar-refractivity contribution in [3.63, 3.8) is 0 Å². The lowest BCUT2D eigenvalue weighted by Gasteiger charge is -2.23. The summed E-state index contributed by atoms with van der Waals surface area (Å²) in [5, 5.41) is 0. The normalized spacial score (nSPS) is 23.0. The molecule has 1 aliphatic heterocycles. The average molecular weight is 290 g/mol. The summed E-state index contributed by atoms with van der Waals surface area (Å²) in [6.45, 7) is 2.11. The number of hydrogen-bond acceptors (Lipinski definition) is 2. The summed E-state index contributed by atoms with van der Waals surface area (Å²) >= 11 is 2.33. The van der Waals surface area contributed by atoms with Gasteiger partial charge in [0.05, 0.1) is 19.8 Å². The molecule has 13 heavy (non-hydrogen) atoms. The van der Waals surface area contributed by atoms with Crippen LogP contribution in [0.25, 0.3) is 0 Å². The fraction of sp³-hybridized carbons (Fsp3) is 0.400. The Hall–Kier alpha value is -0.130. The van der Waals surface area contributed by atoms with E-state index in [2.05, 4.69) is 34.7 Å². The first-order valence-electron chi connectivity index (χ1n) is 4.31. The van der Waals surface area contributed by atoms with Gasteiger partial charge in [0.1, 0.15) is 6.10 Å². The predicted molar refractivity (Wildman–Crippen MR) is 58.7 cm³/mol. The molecule has 1 saturated heterocycles. The Balaban J connectivity index is 2.18. The molecule has 0 spiro atoms. The fourth-order valence-electron chi connectivity index (χ4n) is 1.40. The standard InChI is InChI=1S/C10H11IO2/c11-9-4-2-1-3-8(9)10-7-12-5-6-13-10/h1-4,10H,5-7H2. The highest BCUT2D eigenvalue weighted by Crippen LogP contribution is 2.24. The van der Waals surface area contributed by atoms with Gasteiger partial charge in [-0.1, -0.05) is 18.2 Å². The summed E-state index contributed by atoms with van der Waals surface area (Å²) < 4.78 is 12.2. The summed E-state index contributed by atoms with van der Waals surface area (Å²) in [7, 11) is 0. The molecule has 0 radical (unpaired) electrons. The number of rotatable bonds is 1. The highest BCUT2D eigenvalue weighted by atomic mass is 127. The second kappa shape index (κ2) is 4.39. The van der Waals surface area contributed by atoms with E-state index >= 15 is 0 Å². The van der Waals surface area contributed by atoms with E-state index in [9.17, 15) is 0 Å². The molecule has 2 rings (SSSR count). The average Bonchev–Trinajstić information content (AvgIpc) is 2.20. The Morgan fingerprint density at radius 2 is 2.08 bits per heavy atom. The van der Waals surface area contributed by atoms with Crippen LogP contribution >= 0.6 is 22.6 Å². The lowest BCUT2D eigenvalue weighted by Crippen LogP contribution is -2.22. The minimum Gasteiger partial charge on any atom is -0.376 e. The van der Waals surface area contributed by atoms with E-state index < -0.39 is 0 Å². The SMILES string of the molecule is Ic1ccccc1C1COCCO1. The first-order chi connectivity index (χ1) is 6.38. The molecule has 1 heterocycles. The molecule has 1 fully saturated rings. The molecule has 1 aromatic rings. The molecule has 1 aliphatic rings. The van der Waals surface area contributed by atoms with Crippen LogP contribution in [0.1, 0.15) is 11.7 Å². The Morgan fingerprint density at radius 1 is 1.23 bits per heavy atom. The van der Waals surface area contributed by atoms with Gasteiger partial charge in [0.25, 0.3) is 0 Å². The molecule has 70 valence electrons. The molecule has 0 saturated carbocycles. The van der Waals surface area contributed by atoms with E-state index in [0.717, 1.165) is 6.61 Å². The van der Waals surface area contributed by atoms with Crippen LogP contribution in [0.3, 0.4) is 0 Å². The van der Waals surface area contributed by atoms with E-state index in [1.165, 1.54) is 9.13 Å². The van der Waals surface area contributed by atoms with Crippen LogP contribution in [0.2, 0.25) is 0 Å². The Morgan fingerprint density at radius 3 is 2.77 bits per heavy atom. The van der Waals surface area contributed by atoms with Crippen molar-refractivity contribution in [2.45, 2.75) is 6.10 Å².